The van der Waals surface area contributed by atoms with Gasteiger partial charge in [-0.25, -0.2) is 0 Å². The van der Waals surface area contributed by atoms with Crippen molar-refractivity contribution in [2.24, 2.45) is 0 Å². The molecule has 0 saturated heterocycles. The molecule has 0 bridgehead atoms. The molecule has 1 atom stereocenters. The predicted octanol–water partition coefficient (Wildman–Crippen LogP) is 2.46. The number of amides is 2. The van der Waals surface area contributed by atoms with Crippen LogP contribution in [0, 0.1) is 0 Å². The Balaban J connectivity index is 2.43. The predicted molar refractivity (Wildman–Crippen MR) is 93.7 cm³/mol. The van der Waals surface area contributed by atoms with Crippen molar-refractivity contribution in [1.29, 1.82) is 0 Å². The number of hydrogen-bond donors (Lipinski definition) is 2. The first kappa shape index (κ1) is 19.7. The van der Waals surface area contributed by atoms with E-state index in [0.717, 1.165) is 12.0 Å². The van der Waals surface area contributed by atoms with E-state index in [9.17, 15) is 9.59 Å². The van der Waals surface area contributed by atoms with E-state index in [0.29, 0.717) is 23.1 Å². The van der Waals surface area contributed by atoms with Gasteiger partial charge in [0.1, 0.15) is 6.04 Å². The molecule has 0 radical (unpaired) electrons. The van der Waals surface area contributed by atoms with Crippen molar-refractivity contribution >= 4 is 35.0 Å². The summed E-state index contributed by atoms with van der Waals surface area (Å²) in [5.74, 6) is -0.376. The van der Waals surface area contributed by atoms with E-state index in [1.165, 1.54) is 0 Å². The van der Waals surface area contributed by atoms with Crippen LogP contribution in [-0.2, 0) is 16.1 Å². The third-order valence-electron chi connectivity index (χ3n) is 3.17. The van der Waals surface area contributed by atoms with Crippen LogP contribution >= 0.6 is 23.2 Å². The molecule has 7 heteroatoms. The van der Waals surface area contributed by atoms with Gasteiger partial charge in [-0.15, -0.1) is 0 Å². The van der Waals surface area contributed by atoms with Crippen LogP contribution in [0.15, 0.2) is 18.2 Å². The zero-order valence-electron chi connectivity index (χ0n) is 13.7. The maximum Gasteiger partial charge on any atom is 0.242 e. The standard InChI is InChI=1S/C16H23Cl2N3O2/c1-4-7-19-16(23)11(2)20-15(22)10-21(3)9-12-5-6-13(17)14(18)8-12/h5-6,8,11H,4,7,9-10H2,1-3H3,(H,19,23)(H,20,22)/t11-/m0/s1. The highest BCUT2D eigenvalue weighted by atomic mass is 35.5. The third-order valence-corrected chi connectivity index (χ3v) is 3.91. The fraction of sp³-hybridized carbons (Fsp3) is 0.500. The highest BCUT2D eigenvalue weighted by Crippen LogP contribution is 2.22. The van der Waals surface area contributed by atoms with Crippen LogP contribution in [-0.4, -0.2) is 42.9 Å². The molecule has 23 heavy (non-hydrogen) atoms. The lowest BCUT2D eigenvalue weighted by Crippen LogP contribution is -2.47. The molecular weight excluding hydrogens is 337 g/mol. The Kier molecular flexibility index (Phi) is 8.37. The topological polar surface area (TPSA) is 61.4 Å². The minimum atomic E-state index is -0.549. The average molecular weight is 360 g/mol. The van der Waals surface area contributed by atoms with Gasteiger partial charge < -0.3 is 10.6 Å². The number of halogens is 2. The van der Waals surface area contributed by atoms with Gasteiger partial charge in [0, 0.05) is 13.1 Å². The molecule has 0 heterocycles. The van der Waals surface area contributed by atoms with Crippen LogP contribution in [0.25, 0.3) is 0 Å². The van der Waals surface area contributed by atoms with Gasteiger partial charge in [-0.3, -0.25) is 14.5 Å². The Labute approximate surface area is 147 Å². The second kappa shape index (κ2) is 9.75. The largest absolute Gasteiger partial charge is 0.354 e. The van der Waals surface area contributed by atoms with Crippen LogP contribution < -0.4 is 10.6 Å². The molecule has 1 aromatic rings. The van der Waals surface area contributed by atoms with Crippen molar-refractivity contribution in [1.82, 2.24) is 15.5 Å². The lowest BCUT2D eigenvalue weighted by Gasteiger charge is -2.19. The third kappa shape index (κ3) is 7.20. The van der Waals surface area contributed by atoms with Crippen molar-refractivity contribution in [3.63, 3.8) is 0 Å². The average Bonchev–Trinajstić information content (AvgIpc) is 2.48. The van der Waals surface area contributed by atoms with Crippen molar-refractivity contribution in [3.05, 3.63) is 33.8 Å². The number of nitrogens with zero attached hydrogens (tertiary/aromatic N) is 1. The summed E-state index contributed by atoms with van der Waals surface area (Å²) in [5, 5.41) is 6.43. The van der Waals surface area contributed by atoms with Gasteiger partial charge in [-0.1, -0.05) is 36.2 Å². The molecule has 1 rings (SSSR count). The summed E-state index contributed by atoms with van der Waals surface area (Å²) in [4.78, 5) is 25.5. The van der Waals surface area contributed by atoms with Gasteiger partial charge >= 0.3 is 0 Å². The normalized spacial score (nSPS) is 12.1. The minimum Gasteiger partial charge on any atom is -0.354 e. The summed E-state index contributed by atoms with van der Waals surface area (Å²) in [6.07, 6.45) is 0.860. The fourth-order valence-corrected chi connectivity index (χ4v) is 2.33. The summed E-state index contributed by atoms with van der Waals surface area (Å²) in [5.41, 5.74) is 0.962. The Bertz CT molecular complexity index is 552. The zero-order chi connectivity index (χ0) is 17.4. The number of benzene rings is 1. The maximum atomic E-state index is 12.0. The smallest absolute Gasteiger partial charge is 0.242 e. The van der Waals surface area contributed by atoms with E-state index in [4.69, 9.17) is 23.2 Å². The van der Waals surface area contributed by atoms with Crippen LogP contribution in [0.2, 0.25) is 10.0 Å². The second-order valence-electron chi connectivity index (χ2n) is 5.50. The summed E-state index contributed by atoms with van der Waals surface area (Å²) in [6, 6.07) is 4.82. The Hall–Kier alpha value is -1.30. The number of carbonyl (C=O) groups is 2. The van der Waals surface area contributed by atoms with Crippen LogP contribution in [0.4, 0.5) is 0 Å². The molecule has 1 aromatic carbocycles. The molecule has 0 fully saturated rings. The van der Waals surface area contributed by atoms with Crippen molar-refractivity contribution in [2.45, 2.75) is 32.9 Å². The summed E-state index contributed by atoms with van der Waals surface area (Å²) in [6.45, 7) is 4.99. The highest BCUT2D eigenvalue weighted by molar-refractivity contribution is 6.42. The minimum absolute atomic E-state index is 0.174. The number of rotatable bonds is 8. The van der Waals surface area contributed by atoms with Gasteiger partial charge in [0.15, 0.2) is 0 Å². The first-order valence-corrected chi connectivity index (χ1v) is 8.28. The van der Waals surface area contributed by atoms with E-state index in [1.807, 2.05) is 24.9 Å². The summed E-state index contributed by atoms with van der Waals surface area (Å²) < 4.78 is 0. The Morgan fingerprint density at radius 2 is 1.96 bits per heavy atom. The molecule has 0 aliphatic carbocycles. The SMILES string of the molecule is CCCNC(=O)[C@H](C)NC(=O)CN(C)Cc1ccc(Cl)c(Cl)c1. The van der Waals surface area contributed by atoms with Crippen LogP contribution in [0.1, 0.15) is 25.8 Å². The molecule has 2 N–H and O–H groups in total. The fourth-order valence-electron chi connectivity index (χ4n) is 2.00. The van der Waals surface area contributed by atoms with Crippen LogP contribution in [0.5, 0.6) is 0 Å². The zero-order valence-corrected chi connectivity index (χ0v) is 15.2. The van der Waals surface area contributed by atoms with Gasteiger partial charge in [0.25, 0.3) is 0 Å². The van der Waals surface area contributed by atoms with Gasteiger partial charge in [0.05, 0.1) is 16.6 Å². The van der Waals surface area contributed by atoms with E-state index >= 15 is 0 Å². The first-order chi connectivity index (χ1) is 10.8. The van der Waals surface area contributed by atoms with Gasteiger partial charge in [-0.2, -0.15) is 0 Å². The molecule has 0 aliphatic heterocycles. The van der Waals surface area contributed by atoms with Gasteiger partial charge in [0.2, 0.25) is 11.8 Å². The molecule has 2 amide bonds. The first-order valence-electron chi connectivity index (χ1n) is 7.53. The molecule has 0 spiro atoms. The molecule has 0 aromatic heterocycles. The van der Waals surface area contributed by atoms with Gasteiger partial charge in [-0.05, 0) is 38.1 Å². The molecular formula is C16H23Cl2N3O2. The van der Waals surface area contributed by atoms with E-state index < -0.39 is 6.04 Å². The molecule has 128 valence electrons. The molecule has 5 nitrogen and oxygen atoms in total. The Morgan fingerprint density at radius 3 is 2.57 bits per heavy atom. The lowest BCUT2D eigenvalue weighted by atomic mass is 10.2. The van der Waals surface area contributed by atoms with E-state index in [-0.39, 0.29) is 18.4 Å². The monoisotopic (exact) mass is 359 g/mol. The van der Waals surface area contributed by atoms with Crippen molar-refractivity contribution in [3.8, 4) is 0 Å². The second-order valence-corrected chi connectivity index (χ2v) is 6.32. The maximum absolute atomic E-state index is 12.0. The number of hydrogen-bond acceptors (Lipinski definition) is 3. The molecule has 0 aliphatic rings. The summed E-state index contributed by atoms with van der Waals surface area (Å²) >= 11 is 11.9. The molecule has 0 saturated carbocycles. The lowest BCUT2D eigenvalue weighted by molar-refractivity contribution is -0.129. The van der Waals surface area contributed by atoms with E-state index in [2.05, 4.69) is 10.6 Å². The molecule has 0 unspecified atom stereocenters. The van der Waals surface area contributed by atoms with Crippen LogP contribution in [0.3, 0.4) is 0 Å². The number of likely N-dealkylation sites (N-methyl/N-ethyl adjacent to an activating group) is 1. The van der Waals surface area contributed by atoms with Crippen molar-refractivity contribution < 1.29 is 9.59 Å². The number of nitrogens with one attached hydrogen (secondary N) is 2. The quantitative estimate of drug-likeness (QED) is 0.749. The Morgan fingerprint density at radius 1 is 1.26 bits per heavy atom. The highest BCUT2D eigenvalue weighted by Gasteiger charge is 2.16. The number of carbonyl (C=O) groups excluding carboxylic acids is 2. The van der Waals surface area contributed by atoms with Crippen molar-refractivity contribution in [2.75, 3.05) is 20.1 Å². The summed E-state index contributed by atoms with van der Waals surface area (Å²) in [7, 11) is 1.82. The van der Waals surface area contributed by atoms with E-state index in [1.54, 1.807) is 19.1 Å².